The van der Waals surface area contributed by atoms with Crippen LogP contribution in [-0.2, 0) is 6.54 Å². The molecule has 0 radical (unpaired) electrons. The molecule has 3 heterocycles. The molecule has 1 aliphatic heterocycles. The van der Waals surface area contributed by atoms with Gasteiger partial charge < -0.3 is 9.47 Å². The largest absolute Gasteiger partial charge is 0.310 e. The number of hydrogen-bond donors (Lipinski definition) is 0. The number of likely N-dealkylation sites (tertiary alicyclic amines) is 1. The first-order valence-electron chi connectivity index (χ1n) is 10.6. The van der Waals surface area contributed by atoms with Crippen molar-refractivity contribution < 1.29 is 0 Å². The molecule has 2 aromatic heterocycles. The number of rotatable bonds is 5. The van der Waals surface area contributed by atoms with E-state index in [1.807, 2.05) is 0 Å². The summed E-state index contributed by atoms with van der Waals surface area (Å²) in [5.74, 6) is 1.05. The highest BCUT2D eigenvalue weighted by Gasteiger charge is 2.16. The van der Waals surface area contributed by atoms with Crippen LogP contribution in [-0.4, -0.2) is 38.5 Å². The molecule has 5 rings (SSSR count). The van der Waals surface area contributed by atoms with Crippen molar-refractivity contribution in [3.63, 3.8) is 0 Å². The summed E-state index contributed by atoms with van der Waals surface area (Å²) in [5, 5.41) is 0. The Labute approximate surface area is 166 Å². The van der Waals surface area contributed by atoms with Crippen molar-refractivity contribution in [1.29, 1.82) is 0 Å². The average Bonchev–Trinajstić information content (AvgIpc) is 3.26. The summed E-state index contributed by atoms with van der Waals surface area (Å²) in [5.41, 5.74) is 6.06. The first kappa shape index (κ1) is 17.5. The highest BCUT2D eigenvalue weighted by Crippen LogP contribution is 2.27. The molecular formula is C24H28N4. The molecule has 1 saturated heterocycles. The molecule has 4 heteroatoms. The van der Waals surface area contributed by atoms with Crippen molar-refractivity contribution in [1.82, 2.24) is 18.9 Å². The fourth-order valence-electron chi connectivity index (χ4n) is 4.46. The summed E-state index contributed by atoms with van der Waals surface area (Å²) in [7, 11) is 0. The van der Waals surface area contributed by atoms with Crippen molar-refractivity contribution in [3.8, 4) is 11.3 Å². The SMILES string of the molecule is Cc1ccc(-c2cn3c4ccccc4nc3n2CCCN2CCCCC2)cc1. The monoisotopic (exact) mass is 372 g/mol. The summed E-state index contributed by atoms with van der Waals surface area (Å²) >= 11 is 0. The molecule has 0 unspecified atom stereocenters. The molecule has 0 bridgehead atoms. The lowest BCUT2D eigenvalue weighted by Crippen LogP contribution is -2.31. The summed E-state index contributed by atoms with van der Waals surface area (Å²) < 4.78 is 4.67. The predicted molar refractivity (Wildman–Crippen MR) is 116 cm³/mol. The lowest BCUT2D eigenvalue weighted by molar-refractivity contribution is 0.223. The second kappa shape index (κ2) is 7.44. The fourth-order valence-corrected chi connectivity index (χ4v) is 4.46. The van der Waals surface area contributed by atoms with Gasteiger partial charge in [-0.1, -0.05) is 48.4 Å². The average molecular weight is 373 g/mol. The number of aromatic nitrogens is 3. The second-order valence-corrected chi connectivity index (χ2v) is 8.06. The minimum absolute atomic E-state index is 1.000. The summed E-state index contributed by atoms with van der Waals surface area (Å²) in [6.45, 7) is 6.84. The quantitative estimate of drug-likeness (QED) is 0.485. The lowest BCUT2D eigenvalue weighted by Gasteiger charge is -2.26. The Morgan fingerprint density at radius 3 is 2.50 bits per heavy atom. The van der Waals surface area contributed by atoms with Gasteiger partial charge in [-0.3, -0.25) is 4.40 Å². The third-order valence-electron chi connectivity index (χ3n) is 6.01. The van der Waals surface area contributed by atoms with Crippen LogP contribution < -0.4 is 0 Å². The zero-order valence-electron chi connectivity index (χ0n) is 16.6. The molecule has 0 spiro atoms. The normalized spacial score (nSPS) is 15.6. The third kappa shape index (κ3) is 3.22. The molecule has 2 aromatic carbocycles. The minimum atomic E-state index is 1.000. The topological polar surface area (TPSA) is 25.5 Å². The molecule has 4 aromatic rings. The van der Waals surface area contributed by atoms with Gasteiger partial charge in [-0.15, -0.1) is 0 Å². The smallest absolute Gasteiger partial charge is 0.215 e. The molecule has 0 aliphatic carbocycles. The molecule has 0 saturated carbocycles. The zero-order valence-corrected chi connectivity index (χ0v) is 16.6. The van der Waals surface area contributed by atoms with E-state index < -0.39 is 0 Å². The molecule has 0 N–H and O–H groups in total. The van der Waals surface area contributed by atoms with Crippen LogP contribution in [0.1, 0.15) is 31.2 Å². The van der Waals surface area contributed by atoms with Gasteiger partial charge in [0.15, 0.2) is 0 Å². The van der Waals surface area contributed by atoms with Crippen LogP contribution in [0, 0.1) is 6.92 Å². The van der Waals surface area contributed by atoms with Gasteiger partial charge >= 0.3 is 0 Å². The van der Waals surface area contributed by atoms with Gasteiger partial charge in [-0.25, -0.2) is 4.98 Å². The zero-order chi connectivity index (χ0) is 18.9. The van der Waals surface area contributed by atoms with Crippen LogP contribution in [0.3, 0.4) is 0 Å². The molecular weight excluding hydrogens is 344 g/mol. The number of para-hydroxylation sites is 2. The van der Waals surface area contributed by atoms with Crippen LogP contribution in [0.5, 0.6) is 0 Å². The molecule has 28 heavy (non-hydrogen) atoms. The van der Waals surface area contributed by atoms with E-state index in [1.54, 1.807) is 0 Å². The first-order valence-corrected chi connectivity index (χ1v) is 10.6. The Morgan fingerprint density at radius 2 is 1.68 bits per heavy atom. The fraction of sp³-hybridized carbons (Fsp3) is 0.375. The van der Waals surface area contributed by atoms with E-state index >= 15 is 0 Å². The molecule has 4 nitrogen and oxygen atoms in total. The van der Waals surface area contributed by atoms with Gasteiger partial charge in [-0.2, -0.15) is 0 Å². The van der Waals surface area contributed by atoms with Crippen molar-refractivity contribution in [3.05, 3.63) is 60.3 Å². The summed E-state index contributed by atoms with van der Waals surface area (Å²) in [4.78, 5) is 7.58. The predicted octanol–water partition coefficient (Wildman–Crippen LogP) is 5.14. The van der Waals surface area contributed by atoms with E-state index in [0.29, 0.717) is 0 Å². The van der Waals surface area contributed by atoms with Crippen LogP contribution in [0.4, 0.5) is 0 Å². The lowest BCUT2D eigenvalue weighted by atomic mass is 10.1. The van der Waals surface area contributed by atoms with E-state index in [2.05, 4.69) is 75.5 Å². The second-order valence-electron chi connectivity index (χ2n) is 8.06. The van der Waals surface area contributed by atoms with Gasteiger partial charge in [0.1, 0.15) is 0 Å². The third-order valence-corrected chi connectivity index (χ3v) is 6.01. The molecule has 1 aliphatic rings. The van der Waals surface area contributed by atoms with Crippen molar-refractivity contribution >= 4 is 16.8 Å². The Hall–Kier alpha value is -2.59. The Kier molecular flexibility index (Phi) is 4.65. The van der Waals surface area contributed by atoms with Gasteiger partial charge in [-0.05, 0) is 63.5 Å². The van der Waals surface area contributed by atoms with E-state index in [-0.39, 0.29) is 0 Å². The number of hydrogen-bond acceptors (Lipinski definition) is 2. The minimum Gasteiger partial charge on any atom is -0.310 e. The van der Waals surface area contributed by atoms with Crippen LogP contribution in [0.25, 0.3) is 28.1 Å². The van der Waals surface area contributed by atoms with Crippen molar-refractivity contribution in [2.75, 3.05) is 19.6 Å². The maximum Gasteiger partial charge on any atom is 0.215 e. The number of nitrogens with zero attached hydrogens (tertiary/aromatic N) is 4. The highest BCUT2D eigenvalue weighted by molar-refractivity contribution is 5.81. The van der Waals surface area contributed by atoms with Crippen LogP contribution in [0.2, 0.25) is 0 Å². The molecule has 144 valence electrons. The van der Waals surface area contributed by atoms with Crippen molar-refractivity contribution in [2.24, 2.45) is 0 Å². The van der Waals surface area contributed by atoms with Crippen LogP contribution >= 0.6 is 0 Å². The first-order chi connectivity index (χ1) is 13.8. The maximum atomic E-state index is 4.96. The number of piperidine rings is 1. The van der Waals surface area contributed by atoms with Gasteiger partial charge in [0, 0.05) is 12.7 Å². The number of aryl methyl sites for hydroxylation is 2. The summed E-state index contributed by atoms with van der Waals surface area (Å²) in [6.07, 6.45) is 7.53. The van der Waals surface area contributed by atoms with E-state index in [9.17, 15) is 0 Å². The van der Waals surface area contributed by atoms with Gasteiger partial charge in [0.2, 0.25) is 5.78 Å². The maximum absolute atomic E-state index is 4.96. The van der Waals surface area contributed by atoms with E-state index in [1.165, 1.54) is 61.2 Å². The van der Waals surface area contributed by atoms with E-state index in [4.69, 9.17) is 4.98 Å². The van der Waals surface area contributed by atoms with Crippen LogP contribution in [0.15, 0.2) is 54.7 Å². The van der Waals surface area contributed by atoms with E-state index in [0.717, 1.165) is 24.3 Å². The number of benzene rings is 2. The Morgan fingerprint density at radius 1 is 0.893 bits per heavy atom. The Balaban J connectivity index is 1.51. The Bertz CT molecular complexity index is 1080. The van der Waals surface area contributed by atoms with Crippen molar-refractivity contribution in [2.45, 2.75) is 39.2 Å². The van der Waals surface area contributed by atoms with Gasteiger partial charge in [0.25, 0.3) is 0 Å². The number of imidazole rings is 2. The molecule has 0 amide bonds. The molecule has 1 fully saturated rings. The highest BCUT2D eigenvalue weighted by atomic mass is 15.2. The number of fused-ring (bicyclic) bond motifs is 3. The van der Waals surface area contributed by atoms with Gasteiger partial charge in [0.05, 0.1) is 16.7 Å². The summed E-state index contributed by atoms with van der Waals surface area (Å²) in [6, 6.07) is 17.3. The molecule has 0 atom stereocenters. The standard InChI is InChI=1S/C24H28N4/c1-19-10-12-20(13-11-19)23-18-28-22-9-4-3-8-21(22)25-24(28)27(23)17-7-16-26-14-5-2-6-15-26/h3-4,8-13,18H,2,5-7,14-17H2,1H3.